The summed E-state index contributed by atoms with van der Waals surface area (Å²) < 4.78 is 25.0. The number of hydrogen-bond acceptors (Lipinski definition) is 3. The van der Waals surface area contributed by atoms with Gasteiger partial charge in [-0.25, -0.2) is 13.1 Å². The molecule has 0 saturated heterocycles. The molecule has 1 atom stereocenters. The van der Waals surface area contributed by atoms with Crippen LogP contribution in [0.1, 0.15) is 6.92 Å². The Hall–Kier alpha value is -0.850. The van der Waals surface area contributed by atoms with Gasteiger partial charge in [0.15, 0.2) is 0 Å². The number of aromatic nitrogens is 1. The molecule has 0 fully saturated rings. The molecule has 0 unspecified atom stereocenters. The molecule has 0 aliphatic carbocycles. The van der Waals surface area contributed by atoms with Crippen molar-refractivity contribution >= 4 is 10.0 Å². The first kappa shape index (κ1) is 10.2. The number of hydrogen-bond donors (Lipinski definition) is 3. The van der Waals surface area contributed by atoms with Crippen LogP contribution < -0.4 is 4.72 Å². The minimum Gasteiger partial charge on any atom is -0.392 e. The fourth-order valence-electron chi connectivity index (χ4n) is 0.789. The number of aromatic amines is 1. The van der Waals surface area contributed by atoms with Crippen molar-refractivity contribution in [2.75, 3.05) is 6.54 Å². The summed E-state index contributed by atoms with van der Waals surface area (Å²) in [7, 11) is -3.45. The number of aliphatic hydroxyl groups is 1. The lowest BCUT2D eigenvalue weighted by molar-refractivity contribution is 0.198. The van der Waals surface area contributed by atoms with Gasteiger partial charge < -0.3 is 10.1 Å². The summed E-state index contributed by atoms with van der Waals surface area (Å²) in [6, 6.07) is 1.45. The predicted molar refractivity (Wildman–Crippen MR) is 47.7 cm³/mol. The zero-order valence-electron chi connectivity index (χ0n) is 7.19. The lowest BCUT2D eigenvalue weighted by Crippen LogP contribution is -2.30. The van der Waals surface area contributed by atoms with Crippen LogP contribution in [0, 0.1) is 0 Å². The standard InChI is InChI=1S/C7H12N2O3S/c1-6(10)4-9-13(11,12)7-2-3-8-5-7/h2-3,5-6,8-10H,4H2,1H3/t6-/m1/s1. The maximum atomic E-state index is 11.4. The normalized spacial score (nSPS) is 14.3. The molecule has 1 rings (SSSR count). The Morgan fingerprint density at radius 3 is 2.85 bits per heavy atom. The molecule has 0 saturated carbocycles. The van der Waals surface area contributed by atoms with Crippen molar-refractivity contribution in [3.8, 4) is 0 Å². The van der Waals surface area contributed by atoms with Gasteiger partial charge in [-0.2, -0.15) is 0 Å². The zero-order valence-corrected chi connectivity index (χ0v) is 8.00. The second-order valence-electron chi connectivity index (χ2n) is 2.75. The van der Waals surface area contributed by atoms with E-state index >= 15 is 0 Å². The van der Waals surface area contributed by atoms with E-state index in [1.54, 1.807) is 0 Å². The van der Waals surface area contributed by atoms with Crippen molar-refractivity contribution in [1.29, 1.82) is 0 Å². The maximum Gasteiger partial charge on any atom is 0.242 e. The molecule has 0 aromatic carbocycles. The molecule has 1 heterocycles. The van der Waals surface area contributed by atoms with Crippen molar-refractivity contribution in [1.82, 2.24) is 9.71 Å². The minimum atomic E-state index is -3.45. The molecule has 0 spiro atoms. The quantitative estimate of drug-likeness (QED) is 0.628. The Morgan fingerprint density at radius 2 is 2.38 bits per heavy atom. The van der Waals surface area contributed by atoms with E-state index in [-0.39, 0.29) is 11.4 Å². The number of rotatable bonds is 4. The van der Waals surface area contributed by atoms with Gasteiger partial charge in [0.25, 0.3) is 0 Å². The van der Waals surface area contributed by atoms with Crippen molar-refractivity contribution in [2.45, 2.75) is 17.9 Å². The first-order valence-electron chi connectivity index (χ1n) is 3.83. The third-order valence-corrected chi connectivity index (χ3v) is 2.87. The molecule has 1 aromatic heterocycles. The van der Waals surface area contributed by atoms with Gasteiger partial charge in [-0.3, -0.25) is 0 Å². The van der Waals surface area contributed by atoms with E-state index in [1.165, 1.54) is 25.4 Å². The Bertz CT molecular complexity index is 342. The van der Waals surface area contributed by atoms with Gasteiger partial charge in [0.1, 0.15) is 0 Å². The molecule has 13 heavy (non-hydrogen) atoms. The molecule has 1 aromatic rings. The van der Waals surface area contributed by atoms with Gasteiger partial charge in [-0.05, 0) is 13.0 Å². The molecular formula is C7H12N2O3S. The average Bonchev–Trinajstić information content (AvgIpc) is 2.53. The van der Waals surface area contributed by atoms with Crippen molar-refractivity contribution in [2.24, 2.45) is 0 Å². The molecule has 74 valence electrons. The molecule has 0 amide bonds. The van der Waals surface area contributed by atoms with E-state index in [4.69, 9.17) is 5.11 Å². The first-order valence-corrected chi connectivity index (χ1v) is 5.31. The number of nitrogens with one attached hydrogen (secondary N) is 2. The van der Waals surface area contributed by atoms with Crippen LogP contribution in [-0.2, 0) is 10.0 Å². The van der Waals surface area contributed by atoms with E-state index in [2.05, 4.69) is 9.71 Å². The monoisotopic (exact) mass is 204 g/mol. The highest BCUT2D eigenvalue weighted by atomic mass is 32.2. The highest BCUT2D eigenvalue weighted by molar-refractivity contribution is 7.89. The van der Waals surface area contributed by atoms with Crippen LogP contribution in [0.5, 0.6) is 0 Å². The van der Waals surface area contributed by atoms with Gasteiger partial charge >= 0.3 is 0 Å². The van der Waals surface area contributed by atoms with E-state index < -0.39 is 16.1 Å². The molecule has 3 N–H and O–H groups in total. The van der Waals surface area contributed by atoms with Gasteiger partial charge in [0, 0.05) is 18.9 Å². The maximum absolute atomic E-state index is 11.4. The van der Waals surface area contributed by atoms with Crippen LogP contribution in [0.2, 0.25) is 0 Å². The van der Waals surface area contributed by atoms with E-state index in [0.29, 0.717) is 0 Å². The Labute approximate surface area is 76.8 Å². The Balaban J connectivity index is 2.68. The van der Waals surface area contributed by atoms with Gasteiger partial charge in [-0.15, -0.1) is 0 Å². The first-order chi connectivity index (χ1) is 6.02. The molecule has 0 aliphatic rings. The fourth-order valence-corrected chi connectivity index (χ4v) is 1.89. The molecule has 0 radical (unpaired) electrons. The SMILES string of the molecule is C[C@@H](O)CNS(=O)(=O)c1cc[nH]c1. The van der Waals surface area contributed by atoms with Crippen LogP contribution >= 0.6 is 0 Å². The largest absolute Gasteiger partial charge is 0.392 e. The highest BCUT2D eigenvalue weighted by Gasteiger charge is 2.13. The third kappa shape index (κ3) is 2.83. The van der Waals surface area contributed by atoms with Gasteiger partial charge in [-0.1, -0.05) is 0 Å². The Morgan fingerprint density at radius 1 is 1.69 bits per heavy atom. The summed E-state index contributed by atoms with van der Waals surface area (Å²) in [4.78, 5) is 2.82. The highest BCUT2D eigenvalue weighted by Crippen LogP contribution is 2.05. The molecule has 5 nitrogen and oxygen atoms in total. The second-order valence-corrected chi connectivity index (χ2v) is 4.51. The van der Waals surface area contributed by atoms with Crippen molar-refractivity contribution < 1.29 is 13.5 Å². The van der Waals surface area contributed by atoms with Crippen molar-refractivity contribution in [3.63, 3.8) is 0 Å². The topological polar surface area (TPSA) is 82.2 Å². The molecule has 6 heteroatoms. The van der Waals surface area contributed by atoms with E-state index in [0.717, 1.165) is 0 Å². The summed E-state index contributed by atoms with van der Waals surface area (Å²) in [6.45, 7) is 1.53. The molecule has 0 aliphatic heterocycles. The smallest absolute Gasteiger partial charge is 0.242 e. The lowest BCUT2D eigenvalue weighted by atomic mass is 10.4. The van der Waals surface area contributed by atoms with Crippen LogP contribution in [0.15, 0.2) is 23.4 Å². The minimum absolute atomic E-state index is 0.0213. The van der Waals surface area contributed by atoms with E-state index in [9.17, 15) is 8.42 Å². The van der Waals surface area contributed by atoms with Crippen LogP contribution in [0.4, 0.5) is 0 Å². The summed E-state index contributed by atoms with van der Waals surface area (Å²) in [5, 5.41) is 8.88. The fraction of sp³-hybridized carbons (Fsp3) is 0.429. The van der Waals surface area contributed by atoms with Gasteiger partial charge in [0.05, 0.1) is 11.0 Å². The number of aliphatic hydroxyl groups excluding tert-OH is 1. The lowest BCUT2D eigenvalue weighted by Gasteiger charge is -2.05. The second kappa shape index (κ2) is 3.91. The summed E-state index contributed by atoms with van der Waals surface area (Å²) in [6.07, 6.45) is 2.22. The summed E-state index contributed by atoms with van der Waals surface area (Å²) >= 11 is 0. The van der Waals surface area contributed by atoms with Crippen molar-refractivity contribution in [3.05, 3.63) is 18.5 Å². The average molecular weight is 204 g/mol. The molecular weight excluding hydrogens is 192 g/mol. The van der Waals surface area contributed by atoms with Gasteiger partial charge in [0.2, 0.25) is 10.0 Å². The van der Waals surface area contributed by atoms with Crippen LogP contribution in [0.3, 0.4) is 0 Å². The zero-order chi connectivity index (χ0) is 9.90. The van der Waals surface area contributed by atoms with E-state index in [1.807, 2.05) is 0 Å². The Kier molecular flexibility index (Phi) is 3.07. The summed E-state index contributed by atoms with van der Waals surface area (Å²) in [5.41, 5.74) is 0. The summed E-state index contributed by atoms with van der Waals surface area (Å²) in [5.74, 6) is 0. The number of sulfonamides is 1. The number of H-pyrrole nitrogens is 1. The molecule has 0 bridgehead atoms. The predicted octanol–water partition coefficient (Wildman–Crippen LogP) is -0.326. The van der Waals surface area contributed by atoms with Crippen LogP contribution in [-0.4, -0.2) is 31.2 Å². The third-order valence-electron chi connectivity index (χ3n) is 1.45. The van der Waals surface area contributed by atoms with Crippen LogP contribution in [0.25, 0.3) is 0 Å².